The van der Waals surface area contributed by atoms with Gasteiger partial charge in [0.25, 0.3) is 0 Å². The third-order valence-electron chi connectivity index (χ3n) is 4.03. The Kier molecular flexibility index (Phi) is 4.98. The molecule has 1 aromatic heterocycles. The van der Waals surface area contributed by atoms with Crippen LogP contribution in [0.4, 0.5) is 13.2 Å². The largest absolute Gasteiger partial charge is 0.416 e. The van der Waals surface area contributed by atoms with Crippen molar-refractivity contribution in [2.45, 2.75) is 18.2 Å². The molecule has 1 atom stereocenters. The van der Waals surface area contributed by atoms with Crippen LogP contribution in [-0.2, 0) is 11.0 Å². The molecule has 1 heterocycles. The number of ketones is 1. The summed E-state index contributed by atoms with van der Waals surface area (Å²) in [5, 5.41) is 10.8. The van der Waals surface area contributed by atoms with E-state index in [9.17, 15) is 23.1 Å². The summed E-state index contributed by atoms with van der Waals surface area (Å²) in [6.07, 6.45) is 1.24. The number of allylic oxidation sites excluding steroid dienone is 1. The molecule has 1 unspecified atom stereocenters. The number of nitrogens with zero attached hydrogens (tertiary/aromatic N) is 1. The summed E-state index contributed by atoms with van der Waals surface area (Å²) < 4.78 is 37.7. The predicted molar refractivity (Wildman–Crippen MR) is 94.2 cm³/mol. The molecule has 0 fully saturated rings. The Morgan fingerprint density at radius 1 is 1.15 bits per heavy atom. The molecule has 27 heavy (non-hydrogen) atoms. The third kappa shape index (κ3) is 4.33. The molecular formula is C21H14F3NO2. The van der Waals surface area contributed by atoms with Gasteiger partial charge in [-0.1, -0.05) is 17.9 Å². The summed E-state index contributed by atoms with van der Waals surface area (Å²) in [6.45, 7) is 0. The number of hydrogen-bond donors (Lipinski definition) is 1. The van der Waals surface area contributed by atoms with Crippen molar-refractivity contribution in [3.8, 4) is 11.8 Å². The number of hydrogen-bond acceptors (Lipinski definition) is 3. The lowest BCUT2D eigenvalue weighted by Crippen LogP contribution is -2.27. The maximum absolute atomic E-state index is 12.6. The molecule has 1 aromatic carbocycles. The lowest BCUT2D eigenvalue weighted by Gasteiger charge is -2.19. The Morgan fingerprint density at radius 2 is 1.89 bits per heavy atom. The Morgan fingerprint density at radius 3 is 2.52 bits per heavy atom. The number of carbonyl (C=O) groups is 1. The van der Waals surface area contributed by atoms with Crippen molar-refractivity contribution < 1.29 is 23.1 Å². The molecule has 1 N–H and O–H groups in total. The molecular weight excluding hydrogens is 355 g/mol. The number of carbonyl (C=O) groups excluding carboxylic acids is 1. The van der Waals surface area contributed by atoms with Gasteiger partial charge in [-0.05, 0) is 54.6 Å². The lowest BCUT2D eigenvalue weighted by atomic mass is 9.92. The molecule has 0 aliphatic heterocycles. The van der Waals surface area contributed by atoms with Gasteiger partial charge in [0.1, 0.15) is 5.60 Å². The van der Waals surface area contributed by atoms with Crippen LogP contribution < -0.4 is 0 Å². The van der Waals surface area contributed by atoms with Gasteiger partial charge in [-0.3, -0.25) is 9.78 Å². The van der Waals surface area contributed by atoms with Crippen molar-refractivity contribution >= 4 is 11.9 Å². The van der Waals surface area contributed by atoms with Crippen LogP contribution in [0.2, 0.25) is 0 Å². The van der Waals surface area contributed by atoms with Gasteiger partial charge in [-0.25, -0.2) is 0 Å². The molecule has 6 heteroatoms. The second-order valence-corrected chi connectivity index (χ2v) is 5.99. The van der Waals surface area contributed by atoms with E-state index < -0.39 is 17.3 Å². The van der Waals surface area contributed by atoms with Crippen LogP contribution in [0, 0.1) is 11.8 Å². The van der Waals surface area contributed by atoms with Crippen molar-refractivity contribution in [2.24, 2.45) is 0 Å². The Hall–Kier alpha value is -3.17. The Balaban J connectivity index is 1.79. The highest BCUT2D eigenvalue weighted by Crippen LogP contribution is 2.31. The number of pyridine rings is 1. The highest BCUT2D eigenvalue weighted by atomic mass is 19.4. The van der Waals surface area contributed by atoms with Crippen LogP contribution in [0.15, 0.2) is 66.4 Å². The van der Waals surface area contributed by atoms with Gasteiger partial charge in [-0.2, -0.15) is 13.2 Å². The van der Waals surface area contributed by atoms with Crippen molar-refractivity contribution in [3.05, 3.63) is 83.2 Å². The summed E-state index contributed by atoms with van der Waals surface area (Å²) in [5.41, 5.74) is -1.25. The van der Waals surface area contributed by atoms with Gasteiger partial charge >= 0.3 is 6.18 Å². The van der Waals surface area contributed by atoms with E-state index >= 15 is 0 Å². The molecule has 3 rings (SSSR count). The lowest BCUT2D eigenvalue weighted by molar-refractivity contribution is -0.137. The van der Waals surface area contributed by atoms with Crippen molar-refractivity contribution in [3.63, 3.8) is 0 Å². The van der Waals surface area contributed by atoms with Crippen LogP contribution in [0.3, 0.4) is 0 Å². The minimum Gasteiger partial charge on any atom is -0.380 e. The maximum Gasteiger partial charge on any atom is 0.416 e. The predicted octanol–water partition coefficient (Wildman–Crippen LogP) is 3.80. The molecule has 136 valence electrons. The van der Waals surface area contributed by atoms with Gasteiger partial charge in [-0.15, -0.1) is 0 Å². The first-order valence-electron chi connectivity index (χ1n) is 8.03. The van der Waals surface area contributed by atoms with Gasteiger partial charge in [0.05, 0.1) is 11.3 Å². The normalized spacial score (nSPS) is 20.6. The molecule has 2 aromatic rings. The first-order chi connectivity index (χ1) is 12.8. The van der Waals surface area contributed by atoms with Crippen LogP contribution in [0.5, 0.6) is 0 Å². The number of rotatable bonds is 2. The van der Waals surface area contributed by atoms with E-state index in [-0.39, 0.29) is 17.8 Å². The monoisotopic (exact) mass is 369 g/mol. The van der Waals surface area contributed by atoms with Crippen LogP contribution in [0.25, 0.3) is 6.08 Å². The topological polar surface area (TPSA) is 50.2 Å². The number of benzene rings is 1. The third-order valence-corrected chi connectivity index (χ3v) is 4.03. The zero-order chi connectivity index (χ0) is 19.5. The second kappa shape index (κ2) is 7.22. The summed E-state index contributed by atoms with van der Waals surface area (Å²) >= 11 is 0. The van der Waals surface area contributed by atoms with Gasteiger partial charge in [0.15, 0.2) is 5.78 Å². The fraction of sp³-hybridized carbons (Fsp3) is 0.143. The van der Waals surface area contributed by atoms with Crippen molar-refractivity contribution in [2.75, 3.05) is 0 Å². The zero-order valence-corrected chi connectivity index (χ0v) is 14.0. The van der Waals surface area contributed by atoms with Crippen molar-refractivity contribution in [1.29, 1.82) is 0 Å². The highest BCUT2D eigenvalue weighted by molar-refractivity contribution is 6.12. The van der Waals surface area contributed by atoms with Crippen LogP contribution in [0.1, 0.15) is 23.2 Å². The van der Waals surface area contributed by atoms with E-state index in [1.165, 1.54) is 30.4 Å². The molecule has 3 nitrogen and oxygen atoms in total. The molecule has 0 saturated heterocycles. The minimum atomic E-state index is -4.40. The number of alkyl halides is 3. The first kappa shape index (κ1) is 18.6. The molecule has 1 aliphatic rings. The summed E-state index contributed by atoms with van der Waals surface area (Å²) in [7, 11) is 0. The molecule has 0 spiro atoms. The second-order valence-electron chi connectivity index (χ2n) is 5.99. The van der Waals surface area contributed by atoms with Gasteiger partial charge in [0.2, 0.25) is 0 Å². The smallest absolute Gasteiger partial charge is 0.380 e. The van der Waals surface area contributed by atoms with Gasteiger partial charge in [0, 0.05) is 23.8 Å². The number of aliphatic hydroxyl groups is 1. The summed E-state index contributed by atoms with van der Waals surface area (Å²) in [6, 6.07) is 9.62. The highest BCUT2D eigenvalue weighted by Gasteiger charge is 2.36. The Labute approximate surface area is 153 Å². The average molecular weight is 369 g/mol. The SMILES string of the molecule is O=C1C=CC(O)(CC#Cc2ccc(C(F)(F)F)cc2)/C1=C\c1ccccn1. The first-order valence-corrected chi connectivity index (χ1v) is 8.03. The molecule has 1 aliphatic carbocycles. The fourth-order valence-electron chi connectivity index (χ4n) is 2.59. The fourth-order valence-corrected chi connectivity index (χ4v) is 2.59. The molecule has 0 amide bonds. The van der Waals surface area contributed by atoms with E-state index in [0.29, 0.717) is 11.3 Å². The van der Waals surface area contributed by atoms with E-state index in [0.717, 1.165) is 12.1 Å². The molecule has 0 saturated carbocycles. The van der Waals surface area contributed by atoms with Crippen molar-refractivity contribution in [1.82, 2.24) is 4.98 Å². The van der Waals surface area contributed by atoms with E-state index in [1.807, 2.05) is 0 Å². The van der Waals surface area contributed by atoms with E-state index in [2.05, 4.69) is 16.8 Å². The van der Waals surface area contributed by atoms with E-state index in [1.54, 1.807) is 24.4 Å². The zero-order valence-electron chi connectivity index (χ0n) is 14.0. The van der Waals surface area contributed by atoms with Crippen LogP contribution in [-0.4, -0.2) is 21.5 Å². The minimum absolute atomic E-state index is 0.0745. The number of aromatic nitrogens is 1. The number of halogens is 3. The van der Waals surface area contributed by atoms with Gasteiger partial charge < -0.3 is 5.11 Å². The summed E-state index contributed by atoms with van der Waals surface area (Å²) in [4.78, 5) is 16.2. The molecule has 0 radical (unpaired) electrons. The van der Waals surface area contributed by atoms with E-state index in [4.69, 9.17) is 0 Å². The van der Waals surface area contributed by atoms with Crippen LogP contribution >= 0.6 is 0 Å². The quantitative estimate of drug-likeness (QED) is 0.647. The maximum atomic E-state index is 12.6. The standard InChI is InChI=1S/C21H14F3NO2/c22-21(23,24)16-8-6-15(7-9-16)4-3-11-20(27)12-10-19(26)18(20)14-17-5-1-2-13-25-17/h1-2,5-10,12-14,27H,11H2/b18-14-. The average Bonchev–Trinajstić information content (AvgIpc) is 2.91. The molecule has 0 bridgehead atoms. The summed E-state index contributed by atoms with van der Waals surface area (Å²) in [5.74, 6) is 5.11. The Bertz CT molecular complexity index is 964.